The maximum absolute atomic E-state index is 13.0. The van der Waals surface area contributed by atoms with Crippen molar-refractivity contribution < 1.29 is 13.2 Å². The van der Waals surface area contributed by atoms with Gasteiger partial charge in [-0.25, -0.2) is 19.6 Å². The van der Waals surface area contributed by atoms with Crippen molar-refractivity contribution in [3.63, 3.8) is 0 Å². The van der Waals surface area contributed by atoms with E-state index in [0.29, 0.717) is 12.4 Å². The Balaban J connectivity index is 1.60. The summed E-state index contributed by atoms with van der Waals surface area (Å²) in [6.07, 6.45) is 0.854. The molecule has 0 spiro atoms. The van der Waals surface area contributed by atoms with Gasteiger partial charge in [0.05, 0.1) is 11.9 Å². The van der Waals surface area contributed by atoms with E-state index in [2.05, 4.69) is 20.1 Å². The van der Waals surface area contributed by atoms with E-state index in [1.54, 1.807) is 23.3 Å². The molecule has 0 amide bonds. The first-order valence-corrected chi connectivity index (χ1v) is 8.94. The molecule has 29 heavy (non-hydrogen) atoms. The number of aromatic nitrogens is 6. The number of alkyl halides is 3. The molecule has 3 aromatic heterocycles. The summed E-state index contributed by atoms with van der Waals surface area (Å²) in [6, 6.07) is 12.4. The van der Waals surface area contributed by atoms with Gasteiger partial charge in [-0.05, 0) is 31.2 Å². The maximum atomic E-state index is 13.0. The second-order valence-electron chi connectivity index (χ2n) is 6.47. The van der Waals surface area contributed by atoms with Crippen molar-refractivity contribution in [2.45, 2.75) is 26.1 Å². The number of benzene rings is 1. The molecule has 0 aliphatic heterocycles. The summed E-state index contributed by atoms with van der Waals surface area (Å²) in [7, 11) is 0. The van der Waals surface area contributed by atoms with Crippen LogP contribution in [0.1, 0.15) is 17.2 Å². The molecule has 3 heterocycles. The fourth-order valence-corrected chi connectivity index (χ4v) is 3.08. The molecule has 0 saturated heterocycles. The Morgan fingerprint density at radius 2 is 1.79 bits per heavy atom. The minimum absolute atomic E-state index is 0.147. The van der Waals surface area contributed by atoms with E-state index in [0.717, 1.165) is 17.4 Å². The lowest BCUT2D eigenvalue weighted by molar-refractivity contribution is -0.141. The monoisotopic (exact) mass is 398 g/mol. The minimum atomic E-state index is -4.50. The third-order valence-electron chi connectivity index (χ3n) is 4.36. The highest BCUT2D eigenvalue weighted by Crippen LogP contribution is 2.28. The predicted octanol–water partition coefficient (Wildman–Crippen LogP) is 4.10. The van der Waals surface area contributed by atoms with Crippen molar-refractivity contribution in [3.05, 3.63) is 78.3 Å². The normalized spacial score (nSPS) is 11.7. The van der Waals surface area contributed by atoms with Crippen LogP contribution in [-0.4, -0.2) is 29.3 Å². The van der Waals surface area contributed by atoms with Crippen LogP contribution in [0.3, 0.4) is 0 Å². The van der Waals surface area contributed by atoms with Gasteiger partial charge >= 0.3 is 6.18 Å². The van der Waals surface area contributed by atoms with Gasteiger partial charge in [-0.1, -0.05) is 18.2 Å². The molecule has 0 fully saturated rings. The molecule has 4 aromatic rings. The Bertz CT molecular complexity index is 1110. The average Bonchev–Trinajstić information content (AvgIpc) is 3.35. The molecular weight excluding hydrogens is 381 g/mol. The first-order valence-electron chi connectivity index (χ1n) is 8.94. The van der Waals surface area contributed by atoms with Crippen molar-refractivity contribution in [2.24, 2.45) is 0 Å². The summed E-state index contributed by atoms with van der Waals surface area (Å²) in [4.78, 5) is 12.2. The summed E-state index contributed by atoms with van der Waals surface area (Å²) in [5.74, 6) is 0.809. The van der Waals surface area contributed by atoms with Gasteiger partial charge in [0, 0.05) is 31.1 Å². The molecule has 6 nitrogen and oxygen atoms in total. The maximum Gasteiger partial charge on any atom is 0.433 e. The summed E-state index contributed by atoms with van der Waals surface area (Å²) in [5.41, 5.74) is 1.03. The van der Waals surface area contributed by atoms with E-state index in [1.165, 1.54) is 6.92 Å². The number of aryl methyl sites for hydroxylation is 3. The quantitative estimate of drug-likeness (QED) is 0.508. The van der Waals surface area contributed by atoms with Gasteiger partial charge in [0.2, 0.25) is 0 Å². The highest BCUT2D eigenvalue weighted by atomic mass is 19.4. The van der Waals surface area contributed by atoms with Crippen molar-refractivity contribution in [1.29, 1.82) is 0 Å². The zero-order valence-corrected chi connectivity index (χ0v) is 15.5. The SMILES string of the molecule is Cc1cc(C(F)(F)F)nc(CCn2ccnc2-c2ccnn2-c2ccccc2)n1. The van der Waals surface area contributed by atoms with Crippen LogP contribution < -0.4 is 0 Å². The summed E-state index contributed by atoms with van der Waals surface area (Å²) in [6.45, 7) is 1.91. The largest absolute Gasteiger partial charge is 0.433 e. The predicted molar refractivity (Wildman–Crippen MR) is 100 cm³/mol. The van der Waals surface area contributed by atoms with Crippen LogP contribution in [0.15, 0.2) is 61.1 Å². The lowest BCUT2D eigenvalue weighted by Crippen LogP contribution is -2.13. The van der Waals surface area contributed by atoms with Crippen LogP contribution in [-0.2, 0) is 19.1 Å². The molecule has 0 bridgehead atoms. The van der Waals surface area contributed by atoms with Gasteiger partial charge in [-0.15, -0.1) is 0 Å². The number of nitrogens with zero attached hydrogens (tertiary/aromatic N) is 6. The standard InChI is InChI=1S/C20H17F3N6/c1-14-13-17(20(21,22)23)27-18(26-14)8-11-28-12-10-24-19(28)16-7-9-25-29(16)15-5-3-2-4-6-15/h2-7,9-10,12-13H,8,11H2,1H3. The Morgan fingerprint density at radius 3 is 2.55 bits per heavy atom. The Labute approximate surface area is 164 Å². The van der Waals surface area contributed by atoms with E-state index in [4.69, 9.17) is 0 Å². The van der Waals surface area contributed by atoms with Gasteiger partial charge in [0.25, 0.3) is 0 Å². The highest BCUT2D eigenvalue weighted by molar-refractivity contribution is 5.54. The van der Waals surface area contributed by atoms with Crippen molar-refractivity contribution in [3.8, 4) is 17.2 Å². The van der Waals surface area contributed by atoms with Crippen LogP contribution >= 0.6 is 0 Å². The van der Waals surface area contributed by atoms with Crippen molar-refractivity contribution in [2.75, 3.05) is 0 Å². The number of halogens is 3. The van der Waals surface area contributed by atoms with E-state index >= 15 is 0 Å². The zero-order chi connectivity index (χ0) is 20.4. The second kappa shape index (κ2) is 7.50. The summed E-state index contributed by atoms with van der Waals surface area (Å²) >= 11 is 0. The van der Waals surface area contributed by atoms with Gasteiger partial charge in [-0.2, -0.15) is 18.3 Å². The molecule has 0 unspecified atom stereocenters. The summed E-state index contributed by atoms with van der Waals surface area (Å²) < 4.78 is 42.6. The van der Waals surface area contributed by atoms with Crippen LogP contribution in [0.2, 0.25) is 0 Å². The van der Waals surface area contributed by atoms with Crippen LogP contribution in [0.4, 0.5) is 13.2 Å². The van der Waals surface area contributed by atoms with Crippen molar-refractivity contribution in [1.82, 2.24) is 29.3 Å². The van der Waals surface area contributed by atoms with E-state index < -0.39 is 11.9 Å². The molecule has 0 radical (unpaired) electrons. The Hall–Kier alpha value is -3.49. The molecule has 0 N–H and O–H groups in total. The molecule has 0 saturated carbocycles. The van der Waals surface area contributed by atoms with Gasteiger partial charge < -0.3 is 4.57 Å². The number of hydrogen-bond donors (Lipinski definition) is 0. The average molecular weight is 398 g/mol. The second-order valence-corrected chi connectivity index (χ2v) is 6.47. The molecule has 1 aromatic carbocycles. The topological polar surface area (TPSA) is 61.4 Å². The molecule has 0 atom stereocenters. The number of rotatable bonds is 5. The van der Waals surface area contributed by atoms with E-state index in [1.807, 2.05) is 41.0 Å². The van der Waals surface area contributed by atoms with Gasteiger partial charge in [-0.3, -0.25) is 0 Å². The molecule has 0 aliphatic carbocycles. The third-order valence-corrected chi connectivity index (χ3v) is 4.36. The van der Waals surface area contributed by atoms with Crippen LogP contribution in [0.25, 0.3) is 17.2 Å². The number of para-hydroxylation sites is 1. The summed E-state index contributed by atoms with van der Waals surface area (Å²) in [5, 5.41) is 4.37. The van der Waals surface area contributed by atoms with E-state index in [9.17, 15) is 13.2 Å². The lowest BCUT2D eigenvalue weighted by Gasteiger charge is -2.11. The lowest BCUT2D eigenvalue weighted by atomic mass is 10.3. The zero-order valence-electron chi connectivity index (χ0n) is 15.5. The van der Waals surface area contributed by atoms with Gasteiger partial charge in [0.15, 0.2) is 5.82 Å². The van der Waals surface area contributed by atoms with E-state index in [-0.39, 0.29) is 17.9 Å². The minimum Gasteiger partial charge on any atom is -0.329 e. The fourth-order valence-electron chi connectivity index (χ4n) is 3.08. The fraction of sp³-hybridized carbons (Fsp3) is 0.200. The number of imidazole rings is 1. The molecule has 9 heteroatoms. The molecule has 0 aliphatic rings. The molecule has 148 valence electrons. The van der Waals surface area contributed by atoms with Crippen LogP contribution in [0, 0.1) is 6.92 Å². The Morgan fingerprint density at radius 1 is 1.00 bits per heavy atom. The highest BCUT2D eigenvalue weighted by Gasteiger charge is 2.33. The third kappa shape index (κ3) is 4.03. The first kappa shape index (κ1) is 18.9. The first-order chi connectivity index (χ1) is 13.9. The van der Waals surface area contributed by atoms with Crippen molar-refractivity contribution >= 4 is 0 Å². The van der Waals surface area contributed by atoms with Gasteiger partial charge in [0.1, 0.15) is 17.2 Å². The molecular formula is C20H17F3N6. The molecule has 4 rings (SSSR count). The smallest absolute Gasteiger partial charge is 0.329 e. The van der Waals surface area contributed by atoms with Crippen LogP contribution in [0.5, 0.6) is 0 Å². The number of hydrogen-bond acceptors (Lipinski definition) is 4. The Kier molecular flexibility index (Phi) is 4.87.